The minimum atomic E-state index is 0.723. The summed E-state index contributed by atoms with van der Waals surface area (Å²) in [6, 6.07) is 10.2. The van der Waals surface area contributed by atoms with Crippen LogP contribution >= 0.6 is 0 Å². The van der Waals surface area contributed by atoms with Gasteiger partial charge in [-0.05, 0) is 0 Å². The van der Waals surface area contributed by atoms with Crippen LogP contribution in [0.15, 0.2) is 40.9 Å². The third-order valence-corrected chi connectivity index (χ3v) is 3.73. The van der Waals surface area contributed by atoms with Crippen molar-refractivity contribution in [3.05, 3.63) is 46.4 Å². The van der Waals surface area contributed by atoms with Crippen LogP contribution in [0.3, 0.4) is 0 Å². The molecule has 0 bridgehead atoms. The molecule has 1 aliphatic heterocycles. The van der Waals surface area contributed by atoms with Crippen LogP contribution in [-0.2, 0) is 0 Å². The van der Waals surface area contributed by atoms with E-state index in [-0.39, 0.29) is 0 Å². The van der Waals surface area contributed by atoms with Gasteiger partial charge in [-0.3, -0.25) is 0 Å². The molecule has 1 aliphatic rings. The summed E-state index contributed by atoms with van der Waals surface area (Å²) < 4.78 is 0. The summed E-state index contributed by atoms with van der Waals surface area (Å²) in [5.74, 6) is 6.40. The molecule has 0 saturated carbocycles. The van der Waals surface area contributed by atoms with Crippen molar-refractivity contribution in [2.45, 2.75) is 11.7 Å². The van der Waals surface area contributed by atoms with Crippen molar-refractivity contribution in [1.29, 1.82) is 0 Å². The van der Waals surface area contributed by atoms with Gasteiger partial charge in [0.2, 0.25) is 0 Å². The quantitative estimate of drug-likeness (QED) is 0.477. The Morgan fingerprint density at radius 3 is 2.62 bits per heavy atom. The molecule has 0 amide bonds. The van der Waals surface area contributed by atoms with Gasteiger partial charge in [0.05, 0.1) is 0 Å². The Morgan fingerprint density at radius 2 is 1.92 bits per heavy atom. The van der Waals surface area contributed by atoms with E-state index < -0.39 is 0 Å². The molecular formula is C12H10Se. The van der Waals surface area contributed by atoms with Gasteiger partial charge in [0.25, 0.3) is 0 Å². The number of rotatable bonds is 0. The van der Waals surface area contributed by atoms with Gasteiger partial charge in [-0.15, -0.1) is 0 Å². The fraction of sp³-hybridized carbons (Fsp3) is 0.167. The summed E-state index contributed by atoms with van der Waals surface area (Å²) in [6.45, 7) is 0. The predicted molar refractivity (Wildman–Crippen MR) is 56.6 cm³/mol. The summed E-state index contributed by atoms with van der Waals surface area (Å²) in [5, 5.41) is 1.34. The molecule has 0 radical (unpaired) electrons. The van der Waals surface area contributed by atoms with E-state index in [0.717, 1.165) is 20.5 Å². The van der Waals surface area contributed by atoms with Gasteiger partial charge in [0.15, 0.2) is 0 Å². The summed E-state index contributed by atoms with van der Waals surface area (Å²) in [4.78, 5) is 2.31. The first-order chi connectivity index (χ1) is 6.45. The Bertz CT molecular complexity index is 365. The fourth-order valence-electron chi connectivity index (χ4n) is 1.15. The SMILES string of the molecule is C(#Cc1ccccc1)C1=C[Se]CC1. The first-order valence-electron chi connectivity index (χ1n) is 4.33. The summed E-state index contributed by atoms with van der Waals surface area (Å²) in [6.07, 6.45) is 1.19. The van der Waals surface area contributed by atoms with Gasteiger partial charge >= 0.3 is 85.0 Å². The zero-order chi connectivity index (χ0) is 8.93. The van der Waals surface area contributed by atoms with Crippen LogP contribution in [0.1, 0.15) is 12.0 Å². The molecule has 1 aromatic rings. The van der Waals surface area contributed by atoms with Crippen molar-refractivity contribution in [1.82, 2.24) is 0 Å². The average molecular weight is 233 g/mol. The van der Waals surface area contributed by atoms with Gasteiger partial charge < -0.3 is 0 Å². The Labute approximate surface area is 85.2 Å². The van der Waals surface area contributed by atoms with Crippen molar-refractivity contribution in [2.75, 3.05) is 0 Å². The molecule has 0 unspecified atom stereocenters. The summed E-state index contributed by atoms with van der Waals surface area (Å²) >= 11 is 0.723. The maximum absolute atomic E-state index is 3.22. The first-order valence-corrected chi connectivity index (χ1v) is 6.53. The maximum atomic E-state index is 3.22. The molecule has 13 heavy (non-hydrogen) atoms. The molecule has 0 aromatic heterocycles. The summed E-state index contributed by atoms with van der Waals surface area (Å²) in [7, 11) is 0. The molecule has 0 saturated heterocycles. The third kappa shape index (κ3) is 2.49. The fourth-order valence-corrected chi connectivity index (χ4v) is 2.90. The molecule has 0 atom stereocenters. The molecule has 2 rings (SSSR count). The normalized spacial score (nSPS) is 14.6. The van der Waals surface area contributed by atoms with Crippen LogP contribution in [0.2, 0.25) is 5.32 Å². The Balaban J connectivity index is 2.12. The van der Waals surface area contributed by atoms with Crippen LogP contribution < -0.4 is 0 Å². The molecule has 1 heterocycles. The van der Waals surface area contributed by atoms with Crippen LogP contribution in [0.5, 0.6) is 0 Å². The van der Waals surface area contributed by atoms with Gasteiger partial charge in [-0.25, -0.2) is 0 Å². The van der Waals surface area contributed by atoms with Crippen LogP contribution in [-0.4, -0.2) is 15.0 Å². The zero-order valence-corrected chi connectivity index (χ0v) is 9.00. The van der Waals surface area contributed by atoms with E-state index in [9.17, 15) is 0 Å². The molecule has 1 heteroatoms. The van der Waals surface area contributed by atoms with E-state index in [2.05, 4.69) is 16.8 Å². The van der Waals surface area contributed by atoms with E-state index in [0.29, 0.717) is 0 Å². The van der Waals surface area contributed by atoms with Gasteiger partial charge in [0.1, 0.15) is 0 Å². The van der Waals surface area contributed by atoms with E-state index in [1.54, 1.807) is 0 Å². The van der Waals surface area contributed by atoms with Crippen molar-refractivity contribution >= 4 is 15.0 Å². The number of hydrogen-bond donors (Lipinski definition) is 0. The number of benzene rings is 1. The van der Waals surface area contributed by atoms with Gasteiger partial charge in [-0.2, -0.15) is 0 Å². The van der Waals surface area contributed by atoms with Gasteiger partial charge in [0, 0.05) is 0 Å². The van der Waals surface area contributed by atoms with Crippen LogP contribution in [0.25, 0.3) is 0 Å². The van der Waals surface area contributed by atoms with Crippen LogP contribution in [0, 0.1) is 11.8 Å². The first kappa shape index (κ1) is 8.63. The molecule has 0 aliphatic carbocycles. The second-order valence-corrected chi connectivity index (χ2v) is 4.93. The Morgan fingerprint density at radius 1 is 1.08 bits per heavy atom. The standard InChI is InChI=1S/C12H10Se/c1-2-4-11(5-3-1)6-7-12-8-9-13-10-12/h1-5,10H,8-9H2. The Kier molecular flexibility index (Phi) is 2.87. The molecular weight excluding hydrogens is 223 g/mol. The van der Waals surface area contributed by atoms with E-state index >= 15 is 0 Å². The molecule has 0 spiro atoms. The molecule has 64 valence electrons. The second kappa shape index (κ2) is 4.33. The minimum absolute atomic E-state index is 0.723. The molecule has 1 aromatic carbocycles. The summed E-state index contributed by atoms with van der Waals surface area (Å²) in [5.41, 5.74) is 2.45. The Hall–Kier alpha value is -0.961. The van der Waals surface area contributed by atoms with E-state index in [4.69, 9.17) is 0 Å². The van der Waals surface area contributed by atoms with Gasteiger partial charge in [-0.1, -0.05) is 0 Å². The predicted octanol–water partition coefficient (Wildman–Crippen LogP) is 2.45. The molecule has 0 nitrogen and oxygen atoms in total. The van der Waals surface area contributed by atoms with Crippen molar-refractivity contribution < 1.29 is 0 Å². The molecule has 0 fully saturated rings. The zero-order valence-electron chi connectivity index (χ0n) is 7.29. The van der Waals surface area contributed by atoms with Crippen molar-refractivity contribution in [3.8, 4) is 11.8 Å². The van der Waals surface area contributed by atoms with Crippen molar-refractivity contribution in [2.24, 2.45) is 0 Å². The average Bonchev–Trinajstić information content (AvgIpc) is 2.69. The molecule has 0 N–H and O–H groups in total. The number of allylic oxidation sites excluding steroid dienone is 1. The number of hydrogen-bond acceptors (Lipinski definition) is 0. The van der Waals surface area contributed by atoms with Crippen molar-refractivity contribution in [3.63, 3.8) is 0 Å². The van der Waals surface area contributed by atoms with E-state index in [1.807, 2.05) is 30.3 Å². The van der Waals surface area contributed by atoms with E-state index in [1.165, 1.54) is 17.3 Å². The van der Waals surface area contributed by atoms with Crippen LogP contribution in [0.4, 0.5) is 0 Å². The monoisotopic (exact) mass is 234 g/mol. The third-order valence-electron chi connectivity index (χ3n) is 1.86. The second-order valence-electron chi connectivity index (χ2n) is 2.88. The topological polar surface area (TPSA) is 0 Å².